The number of likely N-dealkylation sites (N-methyl/N-ethyl adjacent to an activating group) is 1. The Hall–Kier alpha value is -2.28. The zero-order chi connectivity index (χ0) is 19.3. The van der Waals surface area contributed by atoms with Crippen molar-refractivity contribution in [3.63, 3.8) is 0 Å². The molecule has 8 heteroatoms. The Bertz CT molecular complexity index is 695. The number of ether oxygens (including phenoxy) is 1. The quantitative estimate of drug-likeness (QED) is 0.720. The van der Waals surface area contributed by atoms with Crippen molar-refractivity contribution in [2.75, 3.05) is 32.6 Å². The van der Waals surface area contributed by atoms with Gasteiger partial charge in [0.2, 0.25) is 17.7 Å². The lowest BCUT2D eigenvalue weighted by atomic mass is 10.3. The topological polar surface area (TPSA) is 87.7 Å². The summed E-state index contributed by atoms with van der Waals surface area (Å²) in [4.78, 5) is 37.3. The van der Waals surface area contributed by atoms with Gasteiger partial charge in [0.25, 0.3) is 0 Å². The minimum atomic E-state index is -0.364. The summed E-state index contributed by atoms with van der Waals surface area (Å²) in [5, 5.41) is 5.90. The van der Waals surface area contributed by atoms with Crippen molar-refractivity contribution in [2.45, 2.75) is 19.8 Å². The average Bonchev–Trinajstić information content (AvgIpc) is 3.31. The number of carbonyl (C=O) groups excluding carboxylic acids is 3. The average molecular weight is 382 g/mol. The molecule has 1 fully saturated rings. The minimum Gasteiger partial charge on any atom is -0.495 e. The monoisotopic (exact) mass is 381 g/mol. The molecule has 1 saturated carbocycles. The molecule has 3 amide bonds. The first-order valence-corrected chi connectivity index (χ1v) is 8.84. The van der Waals surface area contributed by atoms with Gasteiger partial charge in [-0.2, -0.15) is 0 Å². The lowest BCUT2D eigenvalue weighted by molar-refractivity contribution is -0.133. The number of amides is 3. The van der Waals surface area contributed by atoms with E-state index in [1.165, 1.54) is 12.0 Å². The van der Waals surface area contributed by atoms with Crippen LogP contribution in [-0.4, -0.2) is 49.9 Å². The lowest BCUT2D eigenvalue weighted by Crippen LogP contribution is -2.37. The normalized spacial score (nSPS) is 18.0. The van der Waals surface area contributed by atoms with Crippen LogP contribution >= 0.6 is 11.6 Å². The molecule has 142 valence electrons. The lowest BCUT2D eigenvalue weighted by Gasteiger charge is -2.18. The summed E-state index contributed by atoms with van der Waals surface area (Å²) in [5.74, 6) is 0.411. The molecule has 7 nitrogen and oxygen atoms in total. The summed E-state index contributed by atoms with van der Waals surface area (Å²) in [5.41, 5.74) is 0.441. The highest BCUT2D eigenvalue weighted by atomic mass is 35.5. The highest BCUT2D eigenvalue weighted by molar-refractivity contribution is 6.31. The van der Waals surface area contributed by atoms with Gasteiger partial charge in [-0.3, -0.25) is 14.4 Å². The van der Waals surface area contributed by atoms with Crippen LogP contribution in [0.25, 0.3) is 0 Å². The number of methoxy groups -OCH3 is 1. The maximum atomic E-state index is 12.1. The van der Waals surface area contributed by atoms with E-state index in [1.807, 2.05) is 6.92 Å². The van der Waals surface area contributed by atoms with Crippen molar-refractivity contribution in [3.8, 4) is 5.75 Å². The number of anilines is 1. The molecule has 0 aromatic heterocycles. The second-order valence-electron chi connectivity index (χ2n) is 6.50. The van der Waals surface area contributed by atoms with Crippen LogP contribution in [0.1, 0.15) is 19.8 Å². The predicted octanol–water partition coefficient (Wildman–Crippen LogP) is 1.91. The fraction of sp³-hybridized carbons (Fsp3) is 0.500. The molecule has 1 aliphatic carbocycles. The molecule has 1 aromatic rings. The molecule has 0 heterocycles. The summed E-state index contributed by atoms with van der Waals surface area (Å²) in [6, 6.07) is 4.88. The van der Waals surface area contributed by atoms with Gasteiger partial charge >= 0.3 is 0 Å². The van der Waals surface area contributed by atoms with Gasteiger partial charge in [0.15, 0.2) is 0 Å². The minimum absolute atomic E-state index is 0.00116. The Morgan fingerprint density at radius 2 is 2.04 bits per heavy atom. The summed E-state index contributed by atoms with van der Waals surface area (Å²) in [6.45, 7) is 2.19. The second kappa shape index (κ2) is 8.89. The maximum absolute atomic E-state index is 12.1. The molecule has 0 aliphatic heterocycles. The van der Waals surface area contributed by atoms with Gasteiger partial charge in [-0.15, -0.1) is 0 Å². The van der Waals surface area contributed by atoms with Crippen LogP contribution in [0.3, 0.4) is 0 Å². The van der Waals surface area contributed by atoms with E-state index in [-0.39, 0.29) is 43.1 Å². The van der Waals surface area contributed by atoms with E-state index in [9.17, 15) is 14.4 Å². The van der Waals surface area contributed by atoms with E-state index in [1.54, 1.807) is 25.2 Å². The third-order valence-electron chi connectivity index (χ3n) is 4.33. The molecule has 0 spiro atoms. The molecule has 1 aromatic carbocycles. The van der Waals surface area contributed by atoms with Gasteiger partial charge in [0.1, 0.15) is 5.75 Å². The molecule has 0 saturated heterocycles. The predicted molar refractivity (Wildman–Crippen MR) is 99.2 cm³/mol. The van der Waals surface area contributed by atoms with Crippen molar-refractivity contribution in [1.29, 1.82) is 0 Å². The van der Waals surface area contributed by atoms with Crippen molar-refractivity contribution < 1.29 is 19.1 Å². The highest BCUT2D eigenvalue weighted by Gasteiger charge is 2.38. The van der Waals surface area contributed by atoms with Crippen molar-refractivity contribution in [2.24, 2.45) is 11.8 Å². The van der Waals surface area contributed by atoms with E-state index in [0.717, 1.165) is 6.42 Å². The molecule has 0 radical (unpaired) electrons. The number of hydrogen-bond donors (Lipinski definition) is 2. The van der Waals surface area contributed by atoms with E-state index in [4.69, 9.17) is 16.3 Å². The van der Waals surface area contributed by atoms with Crippen molar-refractivity contribution in [3.05, 3.63) is 23.2 Å². The number of hydrogen-bond acceptors (Lipinski definition) is 4. The number of benzene rings is 1. The first-order chi connectivity index (χ1) is 12.3. The molecule has 1 aliphatic rings. The first kappa shape index (κ1) is 20.0. The first-order valence-electron chi connectivity index (χ1n) is 8.47. The Kier molecular flexibility index (Phi) is 6.85. The van der Waals surface area contributed by atoms with Crippen molar-refractivity contribution >= 4 is 35.0 Å². The van der Waals surface area contributed by atoms with Crippen LogP contribution in [0.5, 0.6) is 5.75 Å². The summed E-state index contributed by atoms with van der Waals surface area (Å²) < 4.78 is 5.17. The molecular formula is C18H24ClN3O4. The molecule has 2 N–H and O–H groups in total. The summed E-state index contributed by atoms with van der Waals surface area (Å²) >= 11 is 5.93. The number of rotatable bonds is 8. The Morgan fingerprint density at radius 1 is 1.35 bits per heavy atom. The summed E-state index contributed by atoms with van der Waals surface area (Å²) in [7, 11) is 3.03. The second-order valence-corrected chi connectivity index (χ2v) is 6.94. The number of nitrogens with one attached hydrogen (secondary N) is 2. The van der Waals surface area contributed by atoms with Crippen LogP contribution in [0, 0.1) is 11.8 Å². The maximum Gasteiger partial charge on any atom is 0.244 e. The van der Waals surface area contributed by atoms with Crippen LogP contribution in [0.4, 0.5) is 5.69 Å². The largest absolute Gasteiger partial charge is 0.495 e. The third-order valence-corrected chi connectivity index (χ3v) is 4.56. The standard InChI is InChI=1S/C18H24ClN3O4/c1-11-8-13(11)18(25)20-7-6-17(24)22(2)10-16(23)21-14-9-12(19)4-5-15(14)26-3/h4-5,9,11,13H,6-8,10H2,1-3H3,(H,20,25)(H,21,23). The number of halogens is 1. The van der Waals surface area contributed by atoms with Gasteiger partial charge < -0.3 is 20.3 Å². The third kappa shape index (κ3) is 5.62. The molecule has 0 bridgehead atoms. The van der Waals surface area contributed by atoms with Crippen LogP contribution in [0.15, 0.2) is 18.2 Å². The number of carbonyl (C=O) groups is 3. The van der Waals surface area contributed by atoms with Gasteiger partial charge in [-0.05, 0) is 30.5 Å². The van der Waals surface area contributed by atoms with Crippen LogP contribution < -0.4 is 15.4 Å². The Morgan fingerprint density at radius 3 is 2.65 bits per heavy atom. The van der Waals surface area contributed by atoms with Gasteiger partial charge in [0, 0.05) is 31.0 Å². The molecule has 2 unspecified atom stereocenters. The van der Waals surface area contributed by atoms with E-state index in [2.05, 4.69) is 10.6 Å². The zero-order valence-corrected chi connectivity index (χ0v) is 15.9. The zero-order valence-electron chi connectivity index (χ0n) is 15.2. The highest BCUT2D eigenvalue weighted by Crippen LogP contribution is 2.37. The van der Waals surface area contributed by atoms with Gasteiger partial charge in [-0.1, -0.05) is 18.5 Å². The van der Waals surface area contributed by atoms with Crippen molar-refractivity contribution in [1.82, 2.24) is 10.2 Å². The number of nitrogens with zero attached hydrogens (tertiary/aromatic N) is 1. The van der Waals surface area contributed by atoms with Gasteiger partial charge in [-0.25, -0.2) is 0 Å². The Balaban J connectivity index is 1.76. The fourth-order valence-electron chi connectivity index (χ4n) is 2.57. The van der Waals surface area contributed by atoms with E-state index >= 15 is 0 Å². The smallest absolute Gasteiger partial charge is 0.244 e. The van der Waals surface area contributed by atoms with Crippen LogP contribution in [-0.2, 0) is 14.4 Å². The fourth-order valence-corrected chi connectivity index (χ4v) is 2.75. The molecule has 2 atom stereocenters. The van der Waals surface area contributed by atoms with E-state index in [0.29, 0.717) is 22.4 Å². The molecule has 2 rings (SSSR count). The molecular weight excluding hydrogens is 358 g/mol. The molecule has 26 heavy (non-hydrogen) atoms. The van der Waals surface area contributed by atoms with Crippen LogP contribution in [0.2, 0.25) is 5.02 Å². The van der Waals surface area contributed by atoms with Gasteiger partial charge in [0.05, 0.1) is 19.3 Å². The van der Waals surface area contributed by atoms with E-state index < -0.39 is 0 Å². The SMILES string of the molecule is COc1ccc(Cl)cc1NC(=O)CN(C)C(=O)CCNC(=O)C1CC1C. The Labute approximate surface area is 158 Å². The summed E-state index contributed by atoms with van der Waals surface area (Å²) in [6.07, 6.45) is 1.06.